The number of benzene rings is 1. The highest BCUT2D eigenvalue weighted by Crippen LogP contribution is 2.23. The van der Waals surface area contributed by atoms with Crippen molar-refractivity contribution in [3.63, 3.8) is 0 Å². The molecule has 1 aliphatic heterocycles. The molecular weight excluding hydrogens is 399 g/mol. The maximum absolute atomic E-state index is 13.2. The van der Waals surface area contributed by atoms with Crippen molar-refractivity contribution >= 4 is 21.7 Å². The number of aromatic nitrogens is 1. The van der Waals surface area contributed by atoms with Gasteiger partial charge >= 0.3 is 5.97 Å². The van der Waals surface area contributed by atoms with E-state index in [1.165, 1.54) is 12.1 Å². The first-order valence-electron chi connectivity index (χ1n) is 9.13. The highest BCUT2D eigenvalue weighted by molar-refractivity contribution is 7.91. The molecule has 1 N–H and O–H groups in total. The van der Waals surface area contributed by atoms with Gasteiger partial charge in [0.2, 0.25) is 0 Å². The van der Waals surface area contributed by atoms with Crippen LogP contribution in [0.3, 0.4) is 0 Å². The van der Waals surface area contributed by atoms with Crippen molar-refractivity contribution in [3.05, 3.63) is 53.1 Å². The molecule has 9 heteroatoms. The van der Waals surface area contributed by atoms with E-state index in [0.717, 1.165) is 5.69 Å². The number of aryl methyl sites for hydroxylation is 1. The average Bonchev–Trinajstić information content (AvgIpc) is 3.08. The molecule has 0 bridgehead atoms. The zero-order chi connectivity index (χ0) is 21.4. The van der Waals surface area contributed by atoms with Crippen LogP contribution in [0.1, 0.15) is 35.1 Å². The number of carbonyl (C=O) groups excluding carboxylic acids is 2. The van der Waals surface area contributed by atoms with Crippen molar-refractivity contribution in [2.75, 3.05) is 18.1 Å². The van der Waals surface area contributed by atoms with E-state index in [1.54, 1.807) is 43.5 Å². The standard InChI is InChI=1S/C20H23FN2O5S/c1-13-10-17(14(2)23(13)16-6-4-15(21)5-7-16)19(25)28-11-18(24)22-20(3)8-9-29(26,27)12-20/h4-7,10H,8-9,11-12H2,1-3H3,(H,22,24)/t20-/m1/s1. The summed E-state index contributed by atoms with van der Waals surface area (Å²) in [5.41, 5.74) is 1.52. The molecular formula is C20H23FN2O5S. The monoisotopic (exact) mass is 422 g/mol. The van der Waals surface area contributed by atoms with Gasteiger partial charge < -0.3 is 14.6 Å². The van der Waals surface area contributed by atoms with E-state index in [1.807, 2.05) is 0 Å². The molecule has 1 saturated heterocycles. The lowest BCUT2D eigenvalue weighted by atomic mass is 10.0. The largest absolute Gasteiger partial charge is 0.452 e. The van der Waals surface area contributed by atoms with Gasteiger partial charge in [-0.3, -0.25) is 4.79 Å². The number of halogens is 1. The van der Waals surface area contributed by atoms with Gasteiger partial charge in [-0.1, -0.05) is 0 Å². The molecule has 2 aromatic rings. The second kappa shape index (κ2) is 7.62. The van der Waals surface area contributed by atoms with Gasteiger partial charge in [-0.25, -0.2) is 17.6 Å². The van der Waals surface area contributed by atoms with Crippen molar-refractivity contribution in [1.82, 2.24) is 9.88 Å². The zero-order valence-electron chi connectivity index (χ0n) is 16.5. The topological polar surface area (TPSA) is 94.5 Å². The van der Waals surface area contributed by atoms with Gasteiger partial charge in [0.1, 0.15) is 5.82 Å². The van der Waals surface area contributed by atoms with Gasteiger partial charge in [-0.05, 0) is 57.5 Å². The first-order valence-corrected chi connectivity index (χ1v) is 11.0. The average molecular weight is 422 g/mol. The third kappa shape index (κ3) is 4.67. The molecule has 0 radical (unpaired) electrons. The van der Waals surface area contributed by atoms with Gasteiger partial charge in [0, 0.05) is 17.1 Å². The summed E-state index contributed by atoms with van der Waals surface area (Å²) in [6.07, 6.45) is 0.327. The molecule has 7 nitrogen and oxygen atoms in total. The minimum absolute atomic E-state index is 0.0267. The lowest BCUT2D eigenvalue weighted by Crippen LogP contribution is -2.48. The van der Waals surface area contributed by atoms with Crippen LogP contribution in [0.4, 0.5) is 4.39 Å². The molecule has 1 amide bonds. The molecule has 1 aromatic carbocycles. The number of sulfone groups is 1. The van der Waals surface area contributed by atoms with E-state index in [2.05, 4.69) is 5.32 Å². The summed E-state index contributed by atoms with van der Waals surface area (Å²) in [7, 11) is -3.16. The van der Waals surface area contributed by atoms with Crippen LogP contribution in [0, 0.1) is 19.7 Å². The van der Waals surface area contributed by atoms with E-state index < -0.39 is 33.9 Å². The van der Waals surface area contributed by atoms with Crippen molar-refractivity contribution < 1.29 is 27.1 Å². The van der Waals surface area contributed by atoms with Crippen LogP contribution in [0.15, 0.2) is 30.3 Å². The lowest BCUT2D eigenvalue weighted by molar-refractivity contribution is -0.125. The number of carbonyl (C=O) groups is 2. The molecule has 0 spiro atoms. The highest BCUT2D eigenvalue weighted by Gasteiger charge is 2.39. The van der Waals surface area contributed by atoms with E-state index in [9.17, 15) is 22.4 Å². The van der Waals surface area contributed by atoms with Crippen LogP contribution in [-0.2, 0) is 19.4 Å². The zero-order valence-corrected chi connectivity index (χ0v) is 17.3. The SMILES string of the molecule is Cc1cc(C(=O)OCC(=O)N[C@]2(C)CCS(=O)(=O)C2)c(C)n1-c1ccc(F)cc1. The van der Waals surface area contributed by atoms with E-state index >= 15 is 0 Å². The fraction of sp³-hybridized carbons (Fsp3) is 0.400. The normalized spacial score (nSPS) is 20.4. The summed E-state index contributed by atoms with van der Waals surface area (Å²) in [6.45, 7) is 4.70. The third-order valence-corrected chi connectivity index (χ3v) is 6.92. The number of hydrogen-bond acceptors (Lipinski definition) is 5. The second-order valence-electron chi connectivity index (χ2n) is 7.62. The molecule has 29 heavy (non-hydrogen) atoms. The Morgan fingerprint density at radius 3 is 2.48 bits per heavy atom. The lowest BCUT2D eigenvalue weighted by Gasteiger charge is -2.23. The number of nitrogens with zero attached hydrogens (tertiary/aromatic N) is 1. The number of hydrogen-bond donors (Lipinski definition) is 1. The second-order valence-corrected chi connectivity index (χ2v) is 9.81. The maximum Gasteiger partial charge on any atom is 0.340 e. The van der Waals surface area contributed by atoms with Gasteiger partial charge in [0.15, 0.2) is 16.4 Å². The van der Waals surface area contributed by atoms with Crippen LogP contribution in [0.2, 0.25) is 0 Å². The van der Waals surface area contributed by atoms with Crippen molar-refractivity contribution in [2.24, 2.45) is 0 Å². The van der Waals surface area contributed by atoms with Crippen molar-refractivity contribution in [2.45, 2.75) is 32.7 Å². The minimum atomic E-state index is -3.16. The van der Waals surface area contributed by atoms with Gasteiger partial charge in [-0.2, -0.15) is 0 Å². The highest BCUT2D eigenvalue weighted by atomic mass is 32.2. The van der Waals surface area contributed by atoms with Gasteiger partial charge in [-0.15, -0.1) is 0 Å². The molecule has 1 aromatic heterocycles. The summed E-state index contributed by atoms with van der Waals surface area (Å²) in [5, 5.41) is 2.64. The Kier molecular flexibility index (Phi) is 5.53. The molecule has 0 unspecified atom stereocenters. The molecule has 156 valence electrons. The fourth-order valence-electron chi connectivity index (χ4n) is 3.65. The molecule has 1 aliphatic rings. The summed E-state index contributed by atoms with van der Waals surface area (Å²) in [4.78, 5) is 24.6. The number of nitrogens with one attached hydrogen (secondary N) is 1. The van der Waals surface area contributed by atoms with E-state index in [4.69, 9.17) is 4.74 Å². The van der Waals surface area contributed by atoms with Crippen LogP contribution < -0.4 is 5.32 Å². The van der Waals surface area contributed by atoms with Gasteiger partial charge in [0.25, 0.3) is 5.91 Å². The number of ether oxygens (including phenoxy) is 1. The Balaban J connectivity index is 1.66. The van der Waals surface area contributed by atoms with Crippen LogP contribution in [-0.4, -0.2) is 48.5 Å². The Bertz CT molecular complexity index is 1060. The number of rotatable bonds is 5. The maximum atomic E-state index is 13.2. The quantitative estimate of drug-likeness (QED) is 0.745. The molecule has 3 rings (SSSR count). The number of amides is 1. The first kappa shape index (κ1) is 21.0. The summed E-state index contributed by atoms with van der Waals surface area (Å²) in [6, 6.07) is 7.52. The van der Waals surface area contributed by atoms with E-state index in [0.29, 0.717) is 23.4 Å². The molecule has 0 saturated carbocycles. The smallest absolute Gasteiger partial charge is 0.340 e. The summed E-state index contributed by atoms with van der Waals surface area (Å²) < 4.78 is 43.3. The molecule has 2 heterocycles. The predicted molar refractivity (Wildman–Crippen MR) is 105 cm³/mol. The number of esters is 1. The van der Waals surface area contributed by atoms with Crippen LogP contribution in [0.25, 0.3) is 5.69 Å². The predicted octanol–water partition coefficient (Wildman–Crippen LogP) is 2.08. The molecule has 1 atom stereocenters. The fourth-order valence-corrected chi connectivity index (χ4v) is 5.74. The first-order chi connectivity index (χ1) is 13.5. The van der Waals surface area contributed by atoms with Crippen molar-refractivity contribution in [1.29, 1.82) is 0 Å². The Morgan fingerprint density at radius 1 is 1.24 bits per heavy atom. The van der Waals surface area contributed by atoms with E-state index in [-0.39, 0.29) is 17.3 Å². The third-order valence-electron chi connectivity index (χ3n) is 5.01. The summed E-state index contributed by atoms with van der Waals surface area (Å²) in [5.74, 6) is -1.67. The van der Waals surface area contributed by atoms with Gasteiger partial charge in [0.05, 0.1) is 22.6 Å². The summed E-state index contributed by atoms with van der Waals surface area (Å²) >= 11 is 0. The van der Waals surface area contributed by atoms with Crippen molar-refractivity contribution in [3.8, 4) is 5.69 Å². The Hall–Kier alpha value is -2.68. The Morgan fingerprint density at radius 2 is 1.90 bits per heavy atom. The molecule has 0 aliphatic carbocycles. The molecule has 1 fully saturated rings. The Labute approximate surface area is 168 Å². The van der Waals surface area contributed by atoms with Crippen LogP contribution in [0.5, 0.6) is 0 Å². The van der Waals surface area contributed by atoms with Crippen LogP contribution >= 0.6 is 0 Å². The minimum Gasteiger partial charge on any atom is -0.452 e.